The van der Waals surface area contributed by atoms with Crippen LogP contribution in [-0.2, 0) is 9.47 Å². The fourth-order valence-corrected chi connectivity index (χ4v) is 2.72. The number of hydrogen-bond acceptors (Lipinski definition) is 4. The molecule has 16 heavy (non-hydrogen) atoms. The van der Waals surface area contributed by atoms with Crippen molar-refractivity contribution >= 4 is 0 Å². The van der Waals surface area contributed by atoms with Crippen LogP contribution in [0.4, 0.5) is 0 Å². The van der Waals surface area contributed by atoms with E-state index in [2.05, 4.69) is 25.7 Å². The Balaban J connectivity index is 2.80. The van der Waals surface area contributed by atoms with Gasteiger partial charge in [-0.05, 0) is 27.2 Å². The summed E-state index contributed by atoms with van der Waals surface area (Å²) in [5, 5.41) is 0. The summed E-state index contributed by atoms with van der Waals surface area (Å²) in [6.07, 6.45) is 1.23. The van der Waals surface area contributed by atoms with Gasteiger partial charge in [-0.25, -0.2) is 0 Å². The fourth-order valence-electron chi connectivity index (χ4n) is 2.72. The number of ether oxygens (including phenoxy) is 2. The molecule has 1 rings (SSSR count). The number of methoxy groups -OCH3 is 1. The Morgan fingerprint density at radius 2 is 2.25 bits per heavy atom. The first-order valence-electron chi connectivity index (χ1n) is 6.16. The molecule has 0 aromatic carbocycles. The highest BCUT2D eigenvalue weighted by Crippen LogP contribution is 2.32. The van der Waals surface area contributed by atoms with Gasteiger partial charge in [0.25, 0.3) is 0 Å². The molecule has 1 heterocycles. The van der Waals surface area contributed by atoms with Gasteiger partial charge in [-0.2, -0.15) is 0 Å². The largest absolute Gasteiger partial charge is 0.383 e. The summed E-state index contributed by atoms with van der Waals surface area (Å²) in [4.78, 5) is 2.44. The van der Waals surface area contributed by atoms with E-state index >= 15 is 0 Å². The van der Waals surface area contributed by atoms with Gasteiger partial charge in [0, 0.05) is 32.8 Å². The molecule has 2 N–H and O–H groups in total. The number of hydrogen-bond donors (Lipinski definition) is 1. The molecule has 0 saturated carbocycles. The van der Waals surface area contributed by atoms with Crippen molar-refractivity contribution in [2.75, 3.05) is 33.4 Å². The van der Waals surface area contributed by atoms with Gasteiger partial charge in [-0.3, -0.25) is 4.90 Å². The van der Waals surface area contributed by atoms with Gasteiger partial charge in [0.15, 0.2) is 0 Å². The topological polar surface area (TPSA) is 47.7 Å². The van der Waals surface area contributed by atoms with Gasteiger partial charge in [-0.15, -0.1) is 0 Å². The van der Waals surface area contributed by atoms with Crippen LogP contribution in [0.5, 0.6) is 0 Å². The fraction of sp³-hybridized carbons (Fsp3) is 1.00. The molecule has 0 aliphatic carbocycles. The van der Waals surface area contributed by atoms with E-state index in [0.29, 0.717) is 12.6 Å². The Labute approximate surface area is 99.1 Å². The molecule has 2 unspecified atom stereocenters. The number of nitrogens with zero attached hydrogens (tertiary/aromatic N) is 1. The summed E-state index contributed by atoms with van der Waals surface area (Å²) < 4.78 is 10.9. The average Bonchev–Trinajstić information content (AvgIpc) is 2.61. The molecular weight excluding hydrogens is 204 g/mol. The quantitative estimate of drug-likeness (QED) is 0.735. The zero-order chi connectivity index (χ0) is 12.2. The minimum Gasteiger partial charge on any atom is -0.383 e. The third-order valence-corrected chi connectivity index (χ3v) is 3.74. The molecule has 1 aliphatic rings. The van der Waals surface area contributed by atoms with E-state index in [1.807, 2.05) is 0 Å². The van der Waals surface area contributed by atoms with E-state index in [-0.39, 0.29) is 11.6 Å². The lowest BCUT2D eigenvalue weighted by Crippen LogP contribution is -2.61. The first-order valence-corrected chi connectivity index (χ1v) is 6.16. The second-order valence-corrected chi connectivity index (χ2v) is 4.85. The maximum Gasteiger partial charge on any atom is 0.0743 e. The van der Waals surface area contributed by atoms with Crippen LogP contribution in [0.1, 0.15) is 27.2 Å². The third-order valence-electron chi connectivity index (χ3n) is 3.74. The number of nitrogens with two attached hydrogens (primary N) is 1. The molecule has 4 nitrogen and oxygen atoms in total. The first-order chi connectivity index (χ1) is 7.58. The summed E-state index contributed by atoms with van der Waals surface area (Å²) in [7, 11) is 1.74. The van der Waals surface area contributed by atoms with Crippen LogP contribution in [-0.4, -0.2) is 56.0 Å². The highest BCUT2D eigenvalue weighted by Gasteiger charge is 2.45. The van der Waals surface area contributed by atoms with Crippen LogP contribution in [0.25, 0.3) is 0 Å². The predicted molar refractivity (Wildman–Crippen MR) is 65.5 cm³/mol. The second kappa shape index (κ2) is 5.96. The number of rotatable bonds is 6. The molecule has 4 heteroatoms. The highest BCUT2D eigenvalue weighted by molar-refractivity contribution is 5.01. The molecule has 0 aromatic rings. The first kappa shape index (κ1) is 13.9. The van der Waals surface area contributed by atoms with Crippen molar-refractivity contribution in [2.24, 2.45) is 5.73 Å². The second-order valence-electron chi connectivity index (χ2n) is 4.85. The Kier molecular flexibility index (Phi) is 5.18. The van der Waals surface area contributed by atoms with Crippen molar-refractivity contribution in [1.82, 2.24) is 4.90 Å². The summed E-state index contributed by atoms with van der Waals surface area (Å²) in [6.45, 7) is 9.66. The molecule has 0 radical (unpaired) electrons. The van der Waals surface area contributed by atoms with Gasteiger partial charge in [0.1, 0.15) is 0 Å². The van der Waals surface area contributed by atoms with Gasteiger partial charge < -0.3 is 15.2 Å². The van der Waals surface area contributed by atoms with Gasteiger partial charge >= 0.3 is 0 Å². The Morgan fingerprint density at radius 3 is 2.62 bits per heavy atom. The van der Waals surface area contributed by atoms with Gasteiger partial charge in [-0.1, -0.05) is 0 Å². The Hall–Kier alpha value is -0.160. The standard InChI is InChI=1S/C12H26N2O2/c1-10(2)14(6-8-15-4)12(9-13)5-7-16-11(12)3/h10-11H,5-9,13H2,1-4H3. The molecule has 2 atom stereocenters. The van der Waals surface area contributed by atoms with Crippen LogP contribution >= 0.6 is 0 Å². The van der Waals surface area contributed by atoms with Crippen LogP contribution < -0.4 is 5.73 Å². The molecule has 0 amide bonds. The van der Waals surface area contributed by atoms with E-state index < -0.39 is 0 Å². The summed E-state index contributed by atoms with van der Waals surface area (Å²) >= 11 is 0. The molecule has 0 bridgehead atoms. The van der Waals surface area contributed by atoms with E-state index in [4.69, 9.17) is 15.2 Å². The minimum absolute atomic E-state index is 0.00725. The van der Waals surface area contributed by atoms with Crippen molar-refractivity contribution in [3.63, 3.8) is 0 Å². The molecule has 1 aliphatic heterocycles. The van der Waals surface area contributed by atoms with Crippen LogP contribution in [0.2, 0.25) is 0 Å². The average molecular weight is 230 g/mol. The van der Waals surface area contributed by atoms with Gasteiger partial charge in [0.05, 0.1) is 18.2 Å². The summed E-state index contributed by atoms with van der Waals surface area (Å²) in [6, 6.07) is 0.461. The predicted octanol–water partition coefficient (Wildman–Crippen LogP) is 0.850. The van der Waals surface area contributed by atoms with E-state index in [9.17, 15) is 0 Å². The Morgan fingerprint density at radius 1 is 1.56 bits per heavy atom. The van der Waals surface area contributed by atoms with Crippen LogP contribution in [0.15, 0.2) is 0 Å². The van der Waals surface area contributed by atoms with Crippen molar-refractivity contribution in [3.05, 3.63) is 0 Å². The smallest absolute Gasteiger partial charge is 0.0743 e. The maximum atomic E-state index is 6.01. The van der Waals surface area contributed by atoms with Crippen LogP contribution in [0, 0.1) is 0 Å². The highest BCUT2D eigenvalue weighted by atomic mass is 16.5. The van der Waals surface area contributed by atoms with E-state index in [0.717, 1.165) is 26.2 Å². The van der Waals surface area contributed by atoms with Crippen molar-refractivity contribution in [2.45, 2.75) is 44.9 Å². The molecule has 96 valence electrons. The van der Waals surface area contributed by atoms with Crippen molar-refractivity contribution in [3.8, 4) is 0 Å². The van der Waals surface area contributed by atoms with E-state index in [1.54, 1.807) is 7.11 Å². The normalized spacial score (nSPS) is 30.6. The third kappa shape index (κ3) is 2.56. The summed E-state index contributed by atoms with van der Waals surface area (Å²) in [5.41, 5.74) is 6.00. The monoisotopic (exact) mass is 230 g/mol. The minimum atomic E-state index is -0.00725. The molecule has 1 saturated heterocycles. The molecule has 1 fully saturated rings. The lowest BCUT2D eigenvalue weighted by molar-refractivity contribution is -0.0146. The lowest BCUT2D eigenvalue weighted by Gasteiger charge is -2.45. The van der Waals surface area contributed by atoms with Crippen molar-refractivity contribution < 1.29 is 9.47 Å². The SMILES string of the molecule is COCCN(C(C)C)C1(CN)CCOC1C. The maximum absolute atomic E-state index is 6.01. The molecule has 0 spiro atoms. The zero-order valence-corrected chi connectivity index (χ0v) is 11.0. The van der Waals surface area contributed by atoms with Crippen LogP contribution in [0.3, 0.4) is 0 Å². The van der Waals surface area contributed by atoms with E-state index in [1.165, 1.54) is 0 Å². The molecule has 0 aromatic heterocycles. The summed E-state index contributed by atoms with van der Waals surface area (Å²) in [5.74, 6) is 0. The van der Waals surface area contributed by atoms with Crippen molar-refractivity contribution in [1.29, 1.82) is 0 Å². The zero-order valence-electron chi connectivity index (χ0n) is 11.0. The Bertz CT molecular complexity index is 211. The lowest BCUT2D eigenvalue weighted by atomic mass is 9.88. The molecular formula is C12H26N2O2. The van der Waals surface area contributed by atoms with Gasteiger partial charge in [0.2, 0.25) is 0 Å².